The molecule has 0 saturated carbocycles. The zero-order valence-electron chi connectivity index (χ0n) is 14.2. The van der Waals surface area contributed by atoms with Crippen LogP contribution in [0.3, 0.4) is 0 Å². The number of benzene rings is 3. The van der Waals surface area contributed by atoms with Crippen molar-refractivity contribution in [3.8, 4) is 16.9 Å². The number of phenolic OH excluding ortho intramolecular Hbond substituents is 1. The van der Waals surface area contributed by atoms with E-state index < -0.39 is 0 Å². The van der Waals surface area contributed by atoms with Crippen molar-refractivity contribution in [3.63, 3.8) is 0 Å². The third kappa shape index (κ3) is 2.47. The van der Waals surface area contributed by atoms with Gasteiger partial charge in [0.1, 0.15) is 11.3 Å². The third-order valence-corrected chi connectivity index (χ3v) is 4.98. The summed E-state index contributed by atoms with van der Waals surface area (Å²) in [6.45, 7) is 0. The molecule has 2 nitrogen and oxygen atoms in total. The van der Waals surface area contributed by atoms with Crippen molar-refractivity contribution in [2.24, 2.45) is 0 Å². The second-order valence-corrected chi connectivity index (χ2v) is 6.67. The van der Waals surface area contributed by atoms with Crippen LogP contribution in [-0.2, 0) is 6.42 Å². The summed E-state index contributed by atoms with van der Waals surface area (Å²) < 4.78 is 0. The van der Waals surface area contributed by atoms with Gasteiger partial charge in [0.25, 0.3) is 0 Å². The van der Waals surface area contributed by atoms with Gasteiger partial charge in [0.15, 0.2) is 0 Å². The lowest BCUT2D eigenvalue weighted by Crippen LogP contribution is -1.85. The van der Waals surface area contributed by atoms with E-state index in [0.717, 1.165) is 23.1 Å². The minimum absolute atomic E-state index is 0.216. The fourth-order valence-corrected chi connectivity index (χ4v) is 3.69. The molecule has 0 spiro atoms. The molecule has 5 rings (SSSR count). The Bertz CT molecular complexity index is 1170. The first-order chi connectivity index (χ1) is 12.8. The first-order valence-corrected chi connectivity index (χ1v) is 8.76. The highest BCUT2D eigenvalue weighted by Gasteiger charge is 2.17. The molecule has 0 aliphatic heterocycles. The molecule has 0 unspecified atom stereocenters. The zero-order chi connectivity index (χ0) is 17.5. The van der Waals surface area contributed by atoms with Crippen molar-refractivity contribution in [1.29, 1.82) is 0 Å². The quantitative estimate of drug-likeness (QED) is 0.450. The molecule has 1 heterocycles. The van der Waals surface area contributed by atoms with Gasteiger partial charge in [-0.1, -0.05) is 66.7 Å². The van der Waals surface area contributed by atoms with Crippen LogP contribution in [0.2, 0.25) is 0 Å². The molecule has 0 amide bonds. The molecule has 0 atom stereocenters. The van der Waals surface area contributed by atoms with Gasteiger partial charge >= 0.3 is 0 Å². The molecular weight excluding hydrogens is 318 g/mol. The molecule has 1 aliphatic carbocycles. The maximum atomic E-state index is 9.99. The standard InChI is InChI=1S/C24H17NO/c26-23-7-3-5-17-10-12-20(25-24(17)23)11-8-16-9-13-22-19(14-16)15-18-4-1-2-6-21(18)22/h1-14,26H,15H2. The topological polar surface area (TPSA) is 33.1 Å². The average Bonchev–Trinajstić information content (AvgIpc) is 3.04. The summed E-state index contributed by atoms with van der Waals surface area (Å²) in [5.41, 5.74) is 8.10. The Morgan fingerprint density at radius 2 is 1.65 bits per heavy atom. The minimum Gasteiger partial charge on any atom is -0.506 e. The van der Waals surface area contributed by atoms with Crippen molar-refractivity contribution in [1.82, 2.24) is 4.98 Å². The molecule has 3 aromatic carbocycles. The average molecular weight is 335 g/mol. The fraction of sp³-hybridized carbons (Fsp3) is 0.0417. The second-order valence-electron chi connectivity index (χ2n) is 6.67. The van der Waals surface area contributed by atoms with Crippen LogP contribution in [0.15, 0.2) is 72.8 Å². The minimum atomic E-state index is 0.216. The number of fused-ring (bicyclic) bond motifs is 4. The Labute approximate surface area is 152 Å². The van der Waals surface area contributed by atoms with Crippen LogP contribution < -0.4 is 0 Å². The van der Waals surface area contributed by atoms with Crippen molar-refractivity contribution >= 4 is 23.1 Å². The van der Waals surface area contributed by atoms with E-state index in [0.29, 0.717) is 5.52 Å². The molecule has 2 heteroatoms. The summed E-state index contributed by atoms with van der Waals surface area (Å²) in [6, 6.07) is 24.6. The smallest absolute Gasteiger partial charge is 0.141 e. The zero-order valence-corrected chi connectivity index (χ0v) is 14.2. The van der Waals surface area contributed by atoms with E-state index in [4.69, 9.17) is 0 Å². The van der Waals surface area contributed by atoms with Crippen molar-refractivity contribution in [3.05, 3.63) is 95.2 Å². The lowest BCUT2D eigenvalue weighted by molar-refractivity contribution is 0.480. The predicted molar refractivity (Wildman–Crippen MR) is 107 cm³/mol. The summed E-state index contributed by atoms with van der Waals surface area (Å²) in [6.07, 6.45) is 5.07. The number of para-hydroxylation sites is 1. The highest BCUT2D eigenvalue weighted by atomic mass is 16.3. The van der Waals surface area contributed by atoms with Gasteiger partial charge in [0.2, 0.25) is 0 Å². The maximum absolute atomic E-state index is 9.99. The SMILES string of the molecule is Oc1cccc2ccc(C=Cc3ccc4c(c3)Cc3ccccc3-4)nc12. The maximum Gasteiger partial charge on any atom is 0.141 e. The Morgan fingerprint density at radius 1 is 0.769 bits per heavy atom. The number of aromatic nitrogens is 1. The molecule has 1 N–H and O–H groups in total. The van der Waals surface area contributed by atoms with Crippen LogP contribution in [0.25, 0.3) is 34.2 Å². The number of hydrogen-bond acceptors (Lipinski definition) is 2. The van der Waals surface area contributed by atoms with Gasteiger partial charge in [-0.25, -0.2) is 4.98 Å². The van der Waals surface area contributed by atoms with Gasteiger partial charge in [-0.3, -0.25) is 0 Å². The van der Waals surface area contributed by atoms with Crippen molar-refractivity contribution in [2.75, 3.05) is 0 Å². The first kappa shape index (κ1) is 14.9. The van der Waals surface area contributed by atoms with Crippen LogP contribution in [0.1, 0.15) is 22.4 Å². The van der Waals surface area contributed by atoms with E-state index in [1.165, 1.54) is 22.3 Å². The van der Waals surface area contributed by atoms with Gasteiger partial charge < -0.3 is 5.11 Å². The highest BCUT2D eigenvalue weighted by Crippen LogP contribution is 2.36. The van der Waals surface area contributed by atoms with Gasteiger partial charge in [0.05, 0.1) is 5.69 Å². The van der Waals surface area contributed by atoms with Crippen LogP contribution in [-0.4, -0.2) is 10.1 Å². The highest BCUT2D eigenvalue weighted by molar-refractivity contribution is 5.86. The largest absolute Gasteiger partial charge is 0.506 e. The molecule has 124 valence electrons. The lowest BCUT2D eigenvalue weighted by atomic mass is 10.0. The summed E-state index contributed by atoms with van der Waals surface area (Å²) in [5.74, 6) is 0.216. The second kappa shape index (κ2) is 5.85. The summed E-state index contributed by atoms with van der Waals surface area (Å²) in [7, 11) is 0. The van der Waals surface area contributed by atoms with Gasteiger partial charge in [-0.15, -0.1) is 0 Å². The summed E-state index contributed by atoms with van der Waals surface area (Å²) >= 11 is 0. The van der Waals surface area contributed by atoms with Crippen molar-refractivity contribution in [2.45, 2.75) is 6.42 Å². The van der Waals surface area contributed by atoms with E-state index in [2.05, 4.69) is 53.5 Å². The molecule has 26 heavy (non-hydrogen) atoms. The molecule has 0 fully saturated rings. The van der Waals surface area contributed by atoms with Crippen LogP contribution in [0.4, 0.5) is 0 Å². The van der Waals surface area contributed by atoms with E-state index in [9.17, 15) is 5.11 Å². The van der Waals surface area contributed by atoms with Crippen LogP contribution in [0.5, 0.6) is 5.75 Å². The Kier molecular flexibility index (Phi) is 3.36. The number of nitrogens with zero attached hydrogens (tertiary/aromatic N) is 1. The molecule has 0 radical (unpaired) electrons. The molecule has 4 aromatic rings. The van der Waals surface area contributed by atoms with Crippen LogP contribution in [0, 0.1) is 0 Å². The lowest BCUT2D eigenvalue weighted by Gasteiger charge is -2.03. The summed E-state index contributed by atoms with van der Waals surface area (Å²) in [5, 5.41) is 10.9. The van der Waals surface area contributed by atoms with Gasteiger partial charge in [-0.05, 0) is 52.4 Å². The molecule has 0 saturated heterocycles. The van der Waals surface area contributed by atoms with E-state index in [1.807, 2.05) is 30.3 Å². The van der Waals surface area contributed by atoms with Gasteiger partial charge in [0, 0.05) is 5.39 Å². The molecule has 1 aliphatic rings. The third-order valence-electron chi connectivity index (χ3n) is 4.98. The van der Waals surface area contributed by atoms with Crippen molar-refractivity contribution < 1.29 is 5.11 Å². The summed E-state index contributed by atoms with van der Waals surface area (Å²) in [4.78, 5) is 4.56. The van der Waals surface area contributed by atoms with E-state index in [-0.39, 0.29) is 5.75 Å². The Balaban J connectivity index is 1.47. The molecule has 1 aromatic heterocycles. The molecule has 0 bridgehead atoms. The fourth-order valence-electron chi connectivity index (χ4n) is 3.69. The number of hydrogen-bond donors (Lipinski definition) is 1. The monoisotopic (exact) mass is 335 g/mol. The number of pyridine rings is 1. The Morgan fingerprint density at radius 3 is 2.62 bits per heavy atom. The van der Waals surface area contributed by atoms with Crippen LogP contribution >= 0.6 is 0 Å². The number of rotatable bonds is 2. The van der Waals surface area contributed by atoms with E-state index in [1.54, 1.807) is 6.07 Å². The predicted octanol–water partition coefficient (Wildman–Crippen LogP) is 5.68. The van der Waals surface area contributed by atoms with Gasteiger partial charge in [-0.2, -0.15) is 0 Å². The number of aromatic hydroxyl groups is 1. The number of phenols is 1. The Hall–Kier alpha value is -3.39. The molecular formula is C24H17NO. The first-order valence-electron chi connectivity index (χ1n) is 8.76. The normalized spacial score (nSPS) is 12.5. The van der Waals surface area contributed by atoms with E-state index >= 15 is 0 Å².